The van der Waals surface area contributed by atoms with Gasteiger partial charge >= 0.3 is 6.18 Å². The van der Waals surface area contributed by atoms with Crippen LogP contribution in [0, 0.1) is 0 Å². The number of likely N-dealkylation sites (tertiary alicyclic amines) is 1. The van der Waals surface area contributed by atoms with Crippen molar-refractivity contribution in [3.05, 3.63) is 100 Å². The Balaban J connectivity index is 1.60. The number of alkyl halides is 3. The minimum atomic E-state index is -4.60. The molecule has 8 heteroatoms. The third-order valence-corrected chi connectivity index (χ3v) is 7.57. The number of carbonyl (C=O) groups excluding carboxylic acids is 1. The molecule has 0 N–H and O–H groups in total. The molecule has 2 heterocycles. The van der Waals surface area contributed by atoms with E-state index >= 15 is 0 Å². The lowest BCUT2D eigenvalue weighted by Gasteiger charge is -2.22. The molecule has 1 saturated heterocycles. The van der Waals surface area contributed by atoms with Gasteiger partial charge in [0.15, 0.2) is 0 Å². The van der Waals surface area contributed by atoms with E-state index in [4.69, 9.17) is 16.3 Å². The van der Waals surface area contributed by atoms with Crippen LogP contribution < -0.4 is 4.74 Å². The predicted octanol–water partition coefficient (Wildman–Crippen LogP) is 7.51. The van der Waals surface area contributed by atoms with Crippen LogP contribution in [0.3, 0.4) is 0 Å². The smallest absolute Gasteiger partial charge is 0.417 e. The summed E-state index contributed by atoms with van der Waals surface area (Å²) in [4.78, 5) is 15.1. The standard InChI is InChI=1S/C30H28ClF3N2O2/c1-38-22-11-8-20(9-12-22)18-36-19-25(23-6-2-3-7-28(23)36)24(17-29(37)35-14-4-5-15-35)21-10-13-27(31)26(16-21)30(32,33)34/h2-3,6-13,16,19,24H,4-5,14-15,17-18H2,1H3. The maximum Gasteiger partial charge on any atom is 0.417 e. The zero-order valence-corrected chi connectivity index (χ0v) is 21.7. The molecule has 0 saturated carbocycles. The molecule has 1 amide bonds. The number of aromatic nitrogens is 1. The molecule has 0 radical (unpaired) electrons. The minimum Gasteiger partial charge on any atom is -0.497 e. The molecule has 5 rings (SSSR count). The van der Waals surface area contributed by atoms with Crippen LogP contribution in [0.2, 0.25) is 5.02 Å². The van der Waals surface area contributed by atoms with Crippen LogP contribution in [0.25, 0.3) is 10.9 Å². The molecule has 38 heavy (non-hydrogen) atoms. The van der Waals surface area contributed by atoms with Gasteiger partial charge < -0.3 is 14.2 Å². The highest BCUT2D eigenvalue weighted by molar-refractivity contribution is 6.31. The first-order valence-electron chi connectivity index (χ1n) is 12.6. The molecule has 198 valence electrons. The zero-order chi connectivity index (χ0) is 26.9. The second kappa shape index (κ2) is 10.7. The first-order valence-corrected chi connectivity index (χ1v) is 13.0. The summed E-state index contributed by atoms with van der Waals surface area (Å²) in [5.74, 6) is 0.141. The number of hydrogen-bond donors (Lipinski definition) is 0. The Labute approximate surface area is 224 Å². The Morgan fingerprint density at radius 3 is 2.42 bits per heavy atom. The third-order valence-electron chi connectivity index (χ3n) is 7.24. The fourth-order valence-electron chi connectivity index (χ4n) is 5.27. The summed E-state index contributed by atoms with van der Waals surface area (Å²) in [6.45, 7) is 1.92. The molecule has 0 aliphatic carbocycles. The van der Waals surface area contributed by atoms with E-state index in [1.165, 1.54) is 6.07 Å². The summed E-state index contributed by atoms with van der Waals surface area (Å²) in [6.07, 6.45) is -0.666. The lowest BCUT2D eigenvalue weighted by atomic mass is 9.87. The number of para-hydroxylation sites is 1. The highest BCUT2D eigenvalue weighted by atomic mass is 35.5. The van der Waals surface area contributed by atoms with Crippen LogP contribution in [0.15, 0.2) is 72.9 Å². The average Bonchev–Trinajstić information content (AvgIpc) is 3.57. The molecule has 4 nitrogen and oxygen atoms in total. The van der Waals surface area contributed by atoms with Crippen LogP contribution >= 0.6 is 11.6 Å². The van der Waals surface area contributed by atoms with Gasteiger partial charge in [0.2, 0.25) is 5.91 Å². The SMILES string of the molecule is COc1ccc(Cn2cc(C(CC(=O)N3CCCC3)c3ccc(Cl)c(C(F)(F)F)c3)c3ccccc32)cc1. The summed E-state index contributed by atoms with van der Waals surface area (Å²) < 4.78 is 48.7. The van der Waals surface area contributed by atoms with Crippen molar-refractivity contribution in [2.24, 2.45) is 0 Å². The van der Waals surface area contributed by atoms with E-state index in [9.17, 15) is 18.0 Å². The van der Waals surface area contributed by atoms with Crippen molar-refractivity contribution in [3.63, 3.8) is 0 Å². The fraction of sp³-hybridized carbons (Fsp3) is 0.300. The van der Waals surface area contributed by atoms with E-state index in [-0.39, 0.29) is 17.4 Å². The molecular weight excluding hydrogens is 513 g/mol. The van der Waals surface area contributed by atoms with Gasteiger partial charge in [-0.2, -0.15) is 13.2 Å². The zero-order valence-electron chi connectivity index (χ0n) is 21.0. The molecular formula is C30H28ClF3N2O2. The lowest BCUT2D eigenvalue weighted by Crippen LogP contribution is -2.29. The van der Waals surface area contributed by atoms with E-state index in [0.717, 1.165) is 46.7 Å². The van der Waals surface area contributed by atoms with Gasteiger partial charge in [0.05, 0.1) is 17.7 Å². The molecule has 1 fully saturated rings. The number of hydrogen-bond acceptors (Lipinski definition) is 2. The van der Waals surface area contributed by atoms with Gasteiger partial charge in [0.1, 0.15) is 5.75 Å². The van der Waals surface area contributed by atoms with Crippen LogP contribution in [0.1, 0.15) is 47.4 Å². The number of methoxy groups -OCH3 is 1. The highest BCUT2D eigenvalue weighted by Crippen LogP contribution is 2.40. The quantitative estimate of drug-likeness (QED) is 0.243. The van der Waals surface area contributed by atoms with Crippen molar-refractivity contribution in [2.75, 3.05) is 20.2 Å². The summed E-state index contributed by atoms with van der Waals surface area (Å²) in [6, 6.07) is 19.5. The van der Waals surface area contributed by atoms with Gasteiger partial charge in [-0.1, -0.05) is 48.0 Å². The maximum absolute atomic E-state index is 13.8. The lowest BCUT2D eigenvalue weighted by molar-refractivity contribution is -0.137. The van der Waals surface area contributed by atoms with Gasteiger partial charge in [-0.05, 0) is 59.9 Å². The van der Waals surface area contributed by atoms with Gasteiger partial charge in [-0.25, -0.2) is 0 Å². The number of benzene rings is 3. The molecule has 3 aromatic carbocycles. The summed E-state index contributed by atoms with van der Waals surface area (Å²) >= 11 is 5.94. The molecule has 1 atom stereocenters. The Bertz CT molecular complexity index is 1440. The molecule has 1 aliphatic rings. The third kappa shape index (κ3) is 5.39. The second-order valence-electron chi connectivity index (χ2n) is 9.66. The highest BCUT2D eigenvalue weighted by Gasteiger charge is 2.35. The van der Waals surface area contributed by atoms with Crippen molar-refractivity contribution in [3.8, 4) is 5.75 Å². The monoisotopic (exact) mass is 540 g/mol. The van der Waals surface area contributed by atoms with Gasteiger partial charge in [0.25, 0.3) is 0 Å². The molecule has 1 unspecified atom stereocenters. The molecule has 1 aliphatic heterocycles. The van der Waals surface area contributed by atoms with Crippen molar-refractivity contribution in [1.82, 2.24) is 9.47 Å². The van der Waals surface area contributed by atoms with Crippen molar-refractivity contribution in [2.45, 2.75) is 37.9 Å². The van der Waals surface area contributed by atoms with Crippen molar-refractivity contribution < 1.29 is 22.7 Å². The van der Waals surface area contributed by atoms with Gasteiger partial charge in [-0.15, -0.1) is 0 Å². The predicted molar refractivity (Wildman–Crippen MR) is 143 cm³/mol. The molecule has 0 bridgehead atoms. The number of rotatable bonds is 7. The number of amides is 1. The van der Waals surface area contributed by atoms with Crippen LogP contribution in [0.4, 0.5) is 13.2 Å². The number of halogens is 4. The van der Waals surface area contributed by atoms with Gasteiger partial charge in [0, 0.05) is 49.1 Å². The van der Waals surface area contributed by atoms with Crippen LogP contribution in [-0.4, -0.2) is 35.6 Å². The molecule has 0 spiro atoms. The number of fused-ring (bicyclic) bond motifs is 1. The van der Waals surface area contributed by atoms with Gasteiger partial charge in [-0.3, -0.25) is 4.79 Å². The summed E-state index contributed by atoms with van der Waals surface area (Å²) in [5.41, 5.74) is 2.34. The first-order chi connectivity index (χ1) is 18.2. The van der Waals surface area contributed by atoms with Crippen LogP contribution in [0.5, 0.6) is 5.75 Å². The summed E-state index contributed by atoms with van der Waals surface area (Å²) in [7, 11) is 1.62. The fourth-order valence-corrected chi connectivity index (χ4v) is 5.49. The first kappa shape index (κ1) is 26.2. The van der Waals surface area contributed by atoms with Crippen molar-refractivity contribution in [1.29, 1.82) is 0 Å². The van der Waals surface area contributed by atoms with E-state index in [0.29, 0.717) is 25.2 Å². The normalized spacial score (nSPS) is 14.7. The van der Waals surface area contributed by atoms with E-state index in [2.05, 4.69) is 4.57 Å². The van der Waals surface area contributed by atoms with E-state index < -0.39 is 17.7 Å². The topological polar surface area (TPSA) is 34.5 Å². The van der Waals surface area contributed by atoms with E-state index in [1.807, 2.05) is 59.6 Å². The Hall–Kier alpha value is -3.45. The van der Waals surface area contributed by atoms with Crippen molar-refractivity contribution >= 4 is 28.4 Å². The average molecular weight is 541 g/mol. The molecule has 4 aromatic rings. The van der Waals surface area contributed by atoms with E-state index in [1.54, 1.807) is 13.2 Å². The number of nitrogens with zero attached hydrogens (tertiary/aromatic N) is 2. The Morgan fingerprint density at radius 2 is 1.74 bits per heavy atom. The largest absolute Gasteiger partial charge is 0.497 e. The number of carbonyl (C=O) groups is 1. The summed E-state index contributed by atoms with van der Waals surface area (Å²) in [5, 5.41) is 0.552. The number of ether oxygens (including phenoxy) is 1. The van der Waals surface area contributed by atoms with Crippen LogP contribution in [-0.2, 0) is 17.5 Å². The maximum atomic E-state index is 13.8. The molecule has 1 aromatic heterocycles. The minimum absolute atomic E-state index is 0.0528. The second-order valence-corrected chi connectivity index (χ2v) is 10.1. The Morgan fingerprint density at radius 1 is 1.03 bits per heavy atom. The Kier molecular flexibility index (Phi) is 7.39.